The summed E-state index contributed by atoms with van der Waals surface area (Å²) >= 11 is 5.84. The molecule has 0 spiro atoms. The van der Waals surface area contributed by atoms with Crippen LogP contribution in [0.5, 0.6) is 11.5 Å². The van der Waals surface area contributed by atoms with E-state index in [4.69, 9.17) is 11.6 Å². The summed E-state index contributed by atoms with van der Waals surface area (Å²) in [5.41, 5.74) is 2.35. The molecule has 2 fully saturated rings. The highest BCUT2D eigenvalue weighted by atomic mass is 35.5. The highest BCUT2D eigenvalue weighted by Crippen LogP contribution is 2.40. The van der Waals surface area contributed by atoms with Gasteiger partial charge in [-0.25, -0.2) is 13.8 Å². The third-order valence-electron chi connectivity index (χ3n) is 5.74. The molecule has 0 saturated carbocycles. The van der Waals surface area contributed by atoms with E-state index in [1.807, 2.05) is 0 Å². The van der Waals surface area contributed by atoms with E-state index in [0.717, 1.165) is 0 Å². The molecule has 0 radical (unpaired) electrons. The Hall–Kier alpha value is -2.86. The van der Waals surface area contributed by atoms with Crippen molar-refractivity contribution in [3.05, 3.63) is 22.7 Å². The summed E-state index contributed by atoms with van der Waals surface area (Å²) in [5.74, 6) is -2.05. The van der Waals surface area contributed by atoms with E-state index < -0.39 is 37.4 Å². The second kappa shape index (κ2) is 9.56. The number of hydrogen-bond donors (Lipinski definition) is 4. The van der Waals surface area contributed by atoms with Gasteiger partial charge >= 0.3 is 0 Å². The molecule has 3 rings (SSSR count). The van der Waals surface area contributed by atoms with Gasteiger partial charge in [-0.15, -0.1) is 0 Å². The van der Waals surface area contributed by atoms with Gasteiger partial charge in [0, 0.05) is 25.7 Å². The maximum atomic E-state index is 12.5. The van der Waals surface area contributed by atoms with Gasteiger partial charge in [0.25, 0.3) is 5.91 Å². The normalized spacial score (nSPS) is 23.3. The molecule has 13 heteroatoms. The number of phenols is 2. The molecule has 11 nitrogen and oxygen atoms in total. The SMILES string of the molecule is C[C@]1(/C=N/NC(=O)CCCCCNC(=O)c2ccc(O)c(O)c2Cl)CN2C(=O)C[C@H]2S1(=O)=O. The number of nitrogens with zero attached hydrogens (tertiary/aromatic N) is 2. The molecule has 33 heavy (non-hydrogen) atoms. The van der Waals surface area contributed by atoms with Crippen molar-refractivity contribution in [2.75, 3.05) is 13.1 Å². The molecule has 2 atom stereocenters. The second-order valence-electron chi connectivity index (χ2n) is 8.19. The lowest BCUT2D eigenvalue weighted by Gasteiger charge is -2.31. The van der Waals surface area contributed by atoms with Crippen LogP contribution < -0.4 is 10.7 Å². The number of carbonyl (C=O) groups is 3. The topological polar surface area (TPSA) is 165 Å². The zero-order chi connectivity index (χ0) is 24.4. The van der Waals surface area contributed by atoms with E-state index in [1.165, 1.54) is 30.2 Å². The van der Waals surface area contributed by atoms with E-state index in [0.29, 0.717) is 25.8 Å². The van der Waals surface area contributed by atoms with Crippen molar-refractivity contribution in [3.63, 3.8) is 0 Å². The molecule has 2 aliphatic rings. The summed E-state index contributed by atoms with van der Waals surface area (Å²) in [6.45, 7) is 1.83. The van der Waals surface area contributed by atoms with Gasteiger partial charge in [0.05, 0.1) is 17.0 Å². The van der Waals surface area contributed by atoms with Gasteiger partial charge in [-0.2, -0.15) is 5.10 Å². The standard InChI is InChI=1S/C20H25ClN4O7S/c1-20(11-25-15(28)9-16(25)33(20,31)32)10-23-24-14(27)5-3-2-4-8-22-19(30)12-6-7-13(26)18(29)17(12)21/h6-7,10,16,26,29H,2-5,8-9,11H2,1H3,(H,22,30)(H,24,27)/b23-10+/t16-,20+/m1/s1. The maximum absolute atomic E-state index is 12.5. The van der Waals surface area contributed by atoms with Gasteiger partial charge < -0.3 is 20.4 Å². The molecule has 0 unspecified atom stereocenters. The minimum absolute atomic E-state index is 0.0109. The second-order valence-corrected chi connectivity index (χ2v) is 11.1. The van der Waals surface area contributed by atoms with Crippen molar-refractivity contribution in [1.82, 2.24) is 15.6 Å². The number of β-lactam (4-membered cyclic amide) rings is 1. The van der Waals surface area contributed by atoms with Crippen molar-refractivity contribution in [1.29, 1.82) is 0 Å². The van der Waals surface area contributed by atoms with Crippen molar-refractivity contribution in [2.24, 2.45) is 5.10 Å². The Morgan fingerprint density at radius 2 is 2.03 bits per heavy atom. The van der Waals surface area contributed by atoms with Gasteiger partial charge in [0.15, 0.2) is 21.3 Å². The van der Waals surface area contributed by atoms with Crippen LogP contribution in [-0.2, 0) is 19.4 Å². The Morgan fingerprint density at radius 1 is 1.30 bits per heavy atom. The van der Waals surface area contributed by atoms with E-state index in [-0.39, 0.29) is 41.8 Å². The van der Waals surface area contributed by atoms with Gasteiger partial charge in [0.1, 0.15) is 10.1 Å². The molecule has 0 aliphatic carbocycles. The van der Waals surface area contributed by atoms with Gasteiger partial charge in [0.2, 0.25) is 11.8 Å². The monoisotopic (exact) mass is 500 g/mol. The highest BCUT2D eigenvalue weighted by molar-refractivity contribution is 7.94. The quantitative estimate of drug-likeness (QED) is 0.128. The summed E-state index contributed by atoms with van der Waals surface area (Å²) in [7, 11) is -3.58. The average Bonchev–Trinajstić information content (AvgIpc) is 2.91. The molecule has 180 valence electrons. The molecule has 2 saturated heterocycles. The number of carbonyl (C=O) groups excluding carboxylic acids is 3. The first-order valence-corrected chi connectivity index (χ1v) is 12.2. The van der Waals surface area contributed by atoms with Crippen LogP contribution in [0.1, 0.15) is 49.4 Å². The molecular formula is C20H25ClN4O7S. The predicted octanol–water partition coefficient (Wildman–Crippen LogP) is 0.889. The van der Waals surface area contributed by atoms with Crippen LogP contribution in [0.3, 0.4) is 0 Å². The molecule has 2 heterocycles. The number of sulfone groups is 1. The average molecular weight is 501 g/mol. The van der Waals surface area contributed by atoms with Crippen LogP contribution in [0.4, 0.5) is 0 Å². The molecule has 0 bridgehead atoms. The van der Waals surface area contributed by atoms with E-state index >= 15 is 0 Å². The highest BCUT2D eigenvalue weighted by Gasteiger charge is 2.61. The largest absolute Gasteiger partial charge is 0.504 e. The summed E-state index contributed by atoms with van der Waals surface area (Å²) in [6.07, 6.45) is 3.08. The van der Waals surface area contributed by atoms with E-state index in [2.05, 4.69) is 15.8 Å². The fourth-order valence-corrected chi connectivity index (χ4v) is 5.93. The number of hydrazone groups is 1. The van der Waals surface area contributed by atoms with Gasteiger partial charge in [-0.05, 0) is 31.9 Å². The van der Waals surface area contributed by atoms with Crippen molar-refractivity contribution >= 4 is 45.4 Å². The Balaban J connectivity index is 1.34. The number of phenolic OH excluding ortho intramolecular Hbond substituents is 2. The Kier molecular flexibility index (Phi) is 7.17. The van der Waals surface area contributed by atoms with Crippen LogP contribution >= 0.6 is 11.6 Å². The molecule has 4 N–H and O–H groups in total. The Bertz CT molecular complexity index is 1110. The third kappa shape index (κ3) is 4.91. The van der Waals surface area contributed by atoms with Crippen LogP contribution in [0, 0.1) is 0 Å². The zero-order valence-electron chi connectivity index (χ0n) is 17.9. The minimum atomic E-state index is -3.58. The first kappa shape index (κ1) is 24.8. The summed E-state index contributed by atoms with van der Waals surface area (Å²) < 4.78 is 23.7. The first-order chi connectivity index (χ1) is 15.5. The lowest BCUT2D eigenvalue weighted by atomic mass is 10.1. The zero-order valence-corrected chi connectivity index (χ0v) is 19.4. The fourth-order valence-electron chi connectivity index (χ4n) is 3.66. The van der Waals surface area contributed by atoms with Crippen LogP contribution in [0.2, 0.25) is 5.02 Å². The minimum Gasteiger partial charge on any atom is -0.504 e. The van der Waals surface area contributed by atoms with E-state index in [1.54, 1.807) is 0 Å². The number of benzene rings is 1. The number of nitrogens with one attached hydrogen (secondary N) is 2. The summed E-state index contributed by atoms with van der Waals surface area (Å²) in [4.78, 5) is 36.8. The molecule has 2 aliphatic heterocycles. The van der Waals surface area contributed by atoms with Crippen LogP contribution in [0.15, 0.2) is 17.2 Å². The maximum Gasteiger partial charge on any atom is 0.252 e. The van der Waals surface area contributed by atoms with E-state index in [9.17, 15) is 33.0 Å². The number of unbranched alkanes of at least 4 members (excludes halogenated alkanes) is 2. The fraction of sp³-hybridized carbons (Fsp3) is 0.500. The Morgan fingerprint density at radius 3 is 2.70 bits per heavy atom. The van der Waals surface area contributed by atoms with Gasteiger partial charge in [-0.1, -0.05) is 18.0 Å². The number of halogens is 1. The lowest BCUT2D eigenvalue weighted by molar-refractivity contribution is -0.140. The smallest absolute Gasteiger partial charge is 0.252 e. The number of rotatable bonds is 9. The van der Waals surface area contributed by atoms with Crippen LogP contribution in [0.25, 0.3) is 0 Å². The summed E-state index contributed by atoms with van der Waals surface area (Å²) in [5, 5.41) is 24.3. The molecular weight excluding hydrogens is 476 g/mol. The van der Waals surface area contributed by atoms with Crippen LogP contribution in [-0.4, -0.2) is 70.7 Å². The number of amides is 3. The molecule has 1 aromatic rings. The van der Waals surface area contributed by atoms with Gasteiger partial charge in [-0.3, -0.25) is 14.4 Å². The third-order valence-corrected chi connectivity index (χ3v) is 8.80. The Labute approximate surface area is 195 Å². The number of hydrogen-bond acceptors (Lipinski definition) is 8. The number of aromatic hydroxyl groups is 2. The lowest BCUT2D eigenvalue weighted by Crippen LogP contribution is -2.50. The van der Waals surface area contributed by atoms with Crippen molar-refractivity contribution in [3.8, 4) is 11.5 Å². The predicted molar refractivity (Wildman–Crippen MR) is 120 cm³/mol. The number of fused-ring (bicyclic) bond motifs is 1. The van der Waals surface area contributed by atoms with Crippen molar-refractivity contribution in [2.45, 2.75) is 49.1 Å². The molecule has 0 aromatic heterocycles. The molecule has 3 amide bonds. The van der Waals surface area contributed by atoms with Crippen molar-refractivity contribution < 1.29 is 33.0 Å². The first-order valence-electron chi connectivity index (χ1n) is 10.3. The summed E-state index contributed by atoms with van der Waals surface area (Å²) in [6, 6.07) is 2.47. The molecule has 1 aromatic carbocycles.